The van der Waals surface area contributed by atoms with E-state index in [1.807, 2.05) is 0 Å². The Morgan fingerprint density at radius 2 is 2.00 bits per heavy atom. The molecule has 3 rings (SSSR count). The molecule has 0 bridgehead atoms. The lowest BCUT2D eigenvalue weighted by Crippen LogP contribution is -2.43. The van der Waals surface area contributed by atoms with Crippen LogP contribution < -0.4 is 5.32 Å². The fourth-order valence-electron chi connectivity index (χ4n) is 3.09. The summed E-state index contributed by atoms with van der Waals surface area (Å²) >= 11 is 0. The Bertz CT molecular complexity index is 682. The van der Waals surface area contributed by atoms with Crippen molar-refractivity contribution in [3.05, 3.63) is 42.0 Å². The number of rotatable bonds is 3. The van der Waals surface area contributed by atoms with Crippen LogP contribution in [0.4, 0.5) is 4.39 Å². The van der Waals surface area contributed by atoms with Crippen molar-refractivity contribution in [2.75, 3.05) is 0 Å². The number of benzene rings is 1. The van der Waals surface area contributed by atoms with E-state index in [1.165, 1.54) is 29.5 Å². The smallest absolute Gasteiger partial charge is 0.273 e. The summed E-state index contributed by atoms with van der Waals surface area (Å²) < 4.78 is 13.0. The van der Waals surface area contributed by atoms with Crippen molar-refractivity contribution in [2.24, 2.45) is 11.8 Å². The first-order valence-electron chi connectivity index (χ1n) is 8.04. The van der Waals surface area contributed by atoms with Gasteiger partial charge in [-0.05, 0) is 42.5 Å². The summed E-state index contributed by atoms with van der Waals surface area (Å²) in [5, 5.41) is 11.4. The Morgan fingerprint density at radius 3 is 2.74 bits per heavy atom. The Labute approximate surface area is 134 Å². The molecule has 0 aliphatic heterocycles. The molecule has 1 amide bonds. The SMILES string of the molecule is C[C@@H]1[C@H](C)CCC[C@H]1NC(=O)c1cnn(-c2ccc(F)cc2)n1. The van der Waals surface area contributed by atoms with E-state index in [0.29, 0.717) is 17.5 Å². The minimum absolute atomic E-state index is 0.183. The minimum Gasteiger partial charge on any atom is -0.348 e. The van der Waals surface area contributed by atoms with Gasteiger partial charge in [0, 0.05) is 6.04 Å². The minimum atomic E-state index is -0.320. The topological polar surface area (TPSA) is 59.8 Å². The molecule has 0 unspecified atom stereocenters. The maximum Gasteiger partial charge on any atom is 0.273 e. The first kappa shape index (κ1) is 15.6. The van der Waals surface area contributed by atoms with E-state index >= 15 is 0 Å². The number of carbonyl (C=O) groups excluding carboxylic acids is 1. The van der Waals surface area contributed by atoms with E-state index in [2.05, 4.69) is 29.4 Å². The van der Waals surface area contributed by atoms with Gasteiger partial charge in [0.05, 0.1) is 11.9 Å². The quantitative estimate of drug-likeness (QED) is 0.947. The van der Waals surface area contributed by atoms with E-state index < -0.39 is 0 Å². The zero-order valence-electron chi connectivity index (χ0n) is 13.4. The third-order valence-electron chi connectivity index (χ3n) is 4.81. The Balaban J connectivity index is 1.70. The number of aromatic nitrogens is 3. The van der Waals surface area contributed by atoms with Gasteiger partial charge in [0.1, 0.15) is 5.82 Å². The maximum atomic E-state index is 13.0. The highest BCUT2D eigenvalue weighted by Crippen LogP contribution is 2.29. The molecule has 1 aromatic carbocycles. The van der Waals surface area contributed by atoms with E-state index in [0.717, 1.165) is 12.8 Å². The number of nitrogens with one attached hydrogen (secondary N) is 1. The zero-order valence-corrected chi connectivity index (χ0v) is 13.4. The number of hydrogen-bond donors (Lipinski definition) is 1. The van der Waals surface area contributed by atoms with Crippen LogP contribution in [-0.2, 0) is 0 Å². The highest BCUT2D eigenvalue weighted by molar-refractivity contribution is 5.92. The van der Waals surface area contributed by atoms with Crippen molar-refractivity contribution >= 4 is 5.91 Å². The van der Waals surface area contributed by atoms with Crippen LogP contribution in [0, 0.1) is 17.7 Å². The molecule has 23 heavy (non-hydrogen) atoms. The van der Waals surface area contributed by atoms with Crippen LogP contribution in [0.2, 0.25) is 0 Å². The third kappa shape index (κ3) is 3.41. The number of halogens is 1. The second-order valence-electron chi connectivity index (χ2n) is 6.34. The molecule has 1 heterocycles. The molecular weight excluding hydrogens is 295 g/mol. The summed E-state index contributed by atoms with van der Waals surface area (Å²) in [6, 6.07) is 6.00. The molecule has 0 saturated heterocycles. The van der Waals surface area contributed by atoms with Crippen LogP contribution >= 0.6 is 0 Å². The summed E-state index contributed by atoms with van der Waals surface area (Å²) in [7, 11) is 0. The normalized spacial score (nSPS) is 24.4. The van der Waals surface area contributed by atoms with Crippen LogP contribution in [0.3, 0.4) is 0 Å². The van der Waals surface area contributed by atoms with E-state index in [4.69, 9.17) is 0 Å². The van der Waals surface area contributed by atoms with Crippen molar-refractivity contribution in [2.45, 2.75) is 39.2 Å². The lowest BCUT2D eigenvalue weighted by atomic mass is 9.78. The van der Waals surface area contributed by atoms with Gasteiger partial charge in [0.2, 0.25) is 0 Å². The van der Waals surface area contributed by atoms with Gasteiger partial charge in [0.25, 0.3) is 5.91 Å². The fraction of sp³-hybridized carbons (Fsp3) is 0.471. The lowest BCUT2D eigenvalue weighted by Gasteiger charge is -2.34. The lowest BCUT2D eigenvalue weighted by molar-refractivity contribution is 0.0885. The first-order chi connectivity index (χ1) is 11.0. The van der Waals surface area contributed by atoms with Crippen molar-refractivity contribution in [1.82, 2.24) is 20.3 Å². The van der Waals surface area contributed by atoms with E-state index in [1.54, 1.807) is 12.1 Å². The number of hydrogen-bond acceptors (Lipinski definition) is 3. The summed E-state index contributed by atoms with van der Waals surface area (Å²) in [6.45, 7) is 4.41. The summed E-state index contributed by atoms with van der Waals surface area (Å²) in [5.74, 6) is 0.549. The predicted octanol–water partition coefficient (Wildman–Crippen LogP) is 2.96. The molecule has 0 spiro atoms. The molecule has 1 fully saturated rings. The zero-order chi connectivity index (χ0) is 16.4. The van der Waals surface area contributed by atoms with Gasteiger partial charge in [0.15, 0.2) is 5.69 Å². The summed E-state index contributed by atoms with van der Waals surface area (Å²) in [4.78, 5) is 13.7. The van der Waals surface area contributed by atoms with Gasteiger partial charge < -0.3 is 5.32 Å². The average molecular weight is 316 g/mol. The molecule has 1 aliphatic carbocycles. The second-order valence-corrected chi connectivity index (χ2v) is 6.34. The first-order valence-corrected chi connectivity index (χ1v) is 8.04. The maximum absolute atomic E-state index is 13.0. The van der Waals surface area contributed by atoms with Crippen LogP contribution in [0.5, 0.6) is 0 Å². The number of carbonyl (C=O) groups is 1. The molecule has 5 nitrogen and oxygen atoms in total. The highest BCUT2D eigenvalue weighted by Gasteiger charge is 2.28. The molecule has 2 aromatic rings. The Kier molecular flexibility index (Phi) is 4.41. The molecule has 1 aromatic heterocycles. The van der Waals surface area contributed by atoms with E-state index in [-0.39, 0.29) is 23.5 Å². The second kappa shape index (κ2) is 6.48. The van der Waals surface area contributed by atoms with Gasteiger partial charge in [-0.1, -0.05) is 26.7 Å². The van der Waals surface area contributed by atoms with Gasteiger partial charge in [-0.15, -0.1) is 5.10 Å². The molecule has 1 N–H and O–H groups in total. The molecular formula is C17H21FN4O. The van der Waals surface area contributed by atoms with Gasteiger partial charge in [-0.2, -0.15) is 9.90 Å². The van der Waals surface area contributed by atoms with Crippen molar-refractivity contribution in [3.63, 3.8) is 0 Å². The molecule has 1 aliphatic rings. The predicted molar refractivity (Wildman–Crippen MR) is 84.8 cm³/mol. The molecule has 6 heteroatoms. The standard InChI is InChI=1S/C17H21FN4O/c1-11-4-3-5-15(12(11)2)20-17(23)16-10-19-22(21-16)14-8-6-13(18)7-9-14/h6-12,15H,3-5H2,1-2H3,(H,20,23)/t11-,12-,15-/m1/s1. The van der Waals surface area contributed by atoms with E-state index in [9.17, 15) is 9.18 Å². The fourth-order valence-corrected chi connectivity index (χ4v) is 3.09. The largest absolute Gasteiger partial charge is 0.348 e. The monoisotopic (exact) mass is 316 g/mol. The van der Waals surface area contributed by atoms with Crippen LogP contribution in [0.1, 0.15) is 43.6 Å². The van der Waals surface area contributed by atoms with Gasteiger partial charge >= 0.3 is 0 Å². The average Bonchev–Trinajstić information content (AvgIpc) is 3.02. The van der Waals surface area contributed by atoms with Crippen LogP contribution in [-0.4, -0.2) is 26.9 Å². The number of nitrogens with zero attached hydrogens (tertiary/aromatic N) is 3. The van der Waals surface area contributed by atoms with Gasteiger partial charge in [-0.3, -0.25) is 4.79 Å². The van der Waals surface area contributed by atoms with Crippen molar-refractivity contribution in [3.8, 4) is 5.69 Å². The Hall–Kier alpha value is -2.24. The molecule has 0 radical (unpaired) electrons. The molecule has 1 saturated carbocycles. The van der Waals surface area contributed by atoms with Crippen LogP contribution in [0.25, 0.3) is 5.69 Å². The summed E-state index contributed by atoms with van der Waals surface area (Å²) in [5.41, 5.74) is 0.893. The third-order valence-corrected chi connectivity index (χ3v) is 4.81. The highest BCUT2D eigenvalue weighted by atomic mass is 19.1. The van der Waals surface area contributed by atoms with Crippen molar-refractivity contribution in [1.29, 1.82) is 0 Å². The number of amides is 1. The molecule has 122 valence electrons. The summed E-state index contributed by atoms with van der Waals surface area (Å²) in [6.07, 6.45) is 4.80. The Morgan fingerprint density at radius 1 is 1.26 bits per heavy atom. The van der Waals surface area contributed by atoms with Crippen LogP contribution in [0.15, 0.2) is 30.5 Å². The van der Waals surface area contributed by atoms with Crippen molar-refractivity contribution < 1.29 is 9.18 Å². The van der Waals surface area contributed by atoms with Gasteiger partial charge in [-0.25, -0.2) is 4.39 Å². The molecule has 3 atom stereocenters.